The van der Waals surface area contributed by atoms with E-state index >= 15 is 0 Å². The Morgan fingerprint density at radius 2 is 2.25 bits per heavy atom. The van der Waals surface area contributed by atoms with Crippen LogP contribution < -0.4 is 10.5 Å². The van der Waals surface area contributed by atoms with Gasteiger partial charge in [-0.15, -0.1) is 5.10 Å². The molecule has 0 unspecified atom stereocenters. The fourth-order valence-electron chi connectivity index (χ4n) is 1.47. The summed E-state index contributed by atoms with van der Waals surface area (Å²) in [6.07, 6.45) is 0. The summed E-state index contributed by atoms with van der Waals surface area (Å²) >= 11 is 0. The van der Waals surface area contributed by atoms with Gasteiger partial charge in [-0.25, -0.2) is 4.68 Å². The first-order valence-corrected chi connectivity index (χ1v) is 4.96. The molecule has 0 bridgehead atoms. The van der Waals surface area contributed by atoms with E-state index < -0.39 is 0 Å². The number of benzene rings is 1. The Morgan fingerprint density at radius 1 is 1.44 bits per heavy atom. The molecule has 2 rings (SSSR count). The predicted octanol–water partition coefficient (Wildman–Crippen LogP) is 0.951. The van der Waals surface area contributed by atoms with Crippen LogP contribution in [0.15, 0.2) is 18.2 Å². The van der Waals surface area contributed by atoms with Gasteiger partial charge in [-0.05, 0) is 35.5 Å². The number of ether oxygens (including phenoxy) is 1. The van der Waals surface area contributed by atoms with Gasteiger partial charge in [-0.2, -0.15) is 0 Å². The van der Waals surface area contributed by atoms with Crippen molar-refractivity contribution in [2.24, 2.45) is 0 Å². The van der Waals surface area contributed by atoms with Crippen molar-refractivity contribution in [2.75, 3.05) is 12.8 Å². The van der Waals surface area contributed by atoms with E-state index in [0.717, 1.165) is 11.3 Å². The molecule has 16 heavy (non-hydrogen) atoms. The van der Waals surface area contributed by atoms with Crippen LogP contribution in [0.5, 0.6) is 5.75 Å². The fraction of sp³-hybridized carbons (Fsp3) is 0.300. The van der Waals surface area contributed by atoms with E-state index in [-0.39, 0.29) is 0 Å². The van der Waals surface area contributed by atoms with E-state index in [2.05, 4.69) is 15.5 Å². The maximum absolute atomic E-state index is 5.89. The second kappa shape index (κ2) is 4.18. The predicted molar refractivity (Wildman–Crippen MR) is 59.9 cm³/mol. The molecule has 2 N–H and O–H groups in total. The first-order valence-electron chi connectivity index (χ1n) is 4.96. The highest BCUT2D eigenvalue weighted by atomic mass is 16.5. The van der Waals surface area contributed by atoms with Crippen molar-refractivity contribution in [3.63, 3.8) is 0 Å². The number of nitrogen functional groups attached to an aromatic ring is 1. The number of aryl methyl sites for hydroxylation is 1. The molecule has 0 saturated carbocycles. The van der Waals surface area contributed by atoms with Gasteiger partial charge in [0.2, 0.25) is 0 Å². The highest BCUT2D eigenvalue weighted by molar-refractivity contribution is 5.72. The van der Waals surface area contributed by atoms with Crippen LogP contribution in [-0.4, -0.2) is 27.3 Å². The molecule has 0 fully saturated rings. The smallest absolute Gasteiger partial charge is 0.184 e. The molecule has 0 aliphatic carbocycles. The van der Waals surface area contributed by atoms with Crippen molar-refractivity contribution in [3.8, 4) is 17.1 Å². The Kier molecular flexibility index (Phi) is 2.72. The van der Waals surface area contributed by atoms with Crippen LogP contribution in [-0.2, 0) is 6.54 Å². The van der Waals surface area contributed by atoms with Crippen LogP contribution in [0.25, 0.3) is 11.4 Å². The summed E-state index contributed by atoms with van der Waals surface area (Å²) in [7, 11) is 1.61. The Balaban J connectivity index is 2.54. The SMILES string of the molecule is CCn1nnnc1-c1cc(OC)ccc1N. The molecule has 0 saturated heterocycles. The minimum absolute atomic E-state index is 0.630. The fourth-order valence-corrected chi connectivity index (χ4v) is 1.47. The van der Waals surface area contributed by atoms with Crippen LogP contribution in [0, 0.1) is 0 Å². The lowest BCUT2D eigenvalue weighted by Gasteiger charge is -2.07. The topological polar surface area (TPSA) is 78.8 Å². The molecular weight excluding hydrogens is 206 g/mol. The zero-order valence-corrected chi connectivity index (χ0v) is 9.21. The minimum atomic E-state index is 0.630. The average molecular weight is 219 g/mol. The van der Waals surface area contributed by atoms with Crippen molar-refractivity contribution in [2.45, 2.75) is 13.5 Å². The molecule has 0 amide bonds. The Hall–Kier alpha value is -2.11. The van der Waals surface area contributed by atoms with E-state index in [1.807, 2.05) is 13.0 Å². The lowest BCUT2D eigenvalue weighted by molar-refractivity contribution is 0.415. The van der Waals surface area contributed by atoms with Crippen molar-refractivity contribution < 1.29 is 4.74 Å². The summed E-state index contributed by atoms with van der Waals surface area (Å²) < 4.78 is 6.83. The number of nitrogens with zero attached hydrogens (tertiary/aromatic N) is 4. The zero-order chi connectivity index (χ0) is 11.5. The third-order valence-corrected chi connectivity index (χ3v) is 2.33. The summed E-state index contributed by atoms with van der Waals surface area (Å²) in [4.78, 5) is 0. The number of aromatic nitrogens is 4. The molecular formula is C10H13N5O. The van der Waals surface area contributed by atoms with Crippen LogP contribution in [0.4, 0.5) is 5.69 Å². The Morgan fingerprint density at radius 3 is 2.94 bits per heavy atom. The summed E-state index contributed by atoms with van der Waals surface area (Å²) in [6, 6.07) is 5.41. The van der Waals surface area contributed by atoms with Gasteiger partial charge in [0.25, 0.3) is 0 Å². The third-order valence-electron chi connectivity index (χ3n) is 2.33. The number of anilines is 1. The summed E-state index contributed by atoms with van der Waals surface area (Å²) in [6.45, 7) is 2.66. The maximum atomic E-state index is 5.89. The number of rotatable bonds is 3. The van der Waals surface area contributed by atoms with E-state index in [9.17, 15) is 0 Å². The van der Waals surface area contributed by atoms with Gasteiger partial charge in [0.05, 0.1) is 7.11 Å². The number of tetrazole rings is 1. The molecule has 2 aromatic rings. The second-order valence-corrected chi connectivity index (χ2v) is 3.27. The highest BCUT2D eigenvalue weighted by Crippen LogP contribution is 2.27. The van der Waals surface area contributed by atoms with Crippen LogP contribution in [0.3, 0.4) is 0 Å². The molecule has 6 heteroatoms. The van der Waals surface area contributed by atoms with Crippen molar-refractivity contribution in [1.82, 2.24) is 20.2 Å². The van der Waals surface area contributed by atoms with Gasteiger partial charge in [0, 0.05) is 17.8 Å². The molecule has 0 spiro atoms. The van der Waals surface area contributed by atoms with E-state index in [4.69, 9.17) is 10.5 Å². The normalized spacial score (nSPS) is 10.4. The quantitative estimate of drug-likeness (QED) is 0.777. The van der Waals surface area contributed by atoms with Gasteiger partial charge in [-0.3, -0.25) is 0 Å². The number of hydrogen-bond donors (Lipinski definition) is 1. The van der Waals surface area contributed by atoms with E-state index in [1.54, 1.807) is 23.9 Å². The van der Waals surface area contributed by atoms with Crippen LogP contribution >= 0.6 is 0 Å². The Labute approximate surface area is 93.0 Å². The molecule has 0 aliphatic heterocycles. The van der Waals surface area contributed by atoms with E-state index in [1.165, 1.54) is 0 Å². The summed E-state index contributed by atoms with van der Waals surface area (Å²) in [5, 5.41) is 11.5. The van der Waals surface area contributed by atoms with Gasteiger partial charge < -0.3 is 10.5 Å². The average Bonchev–Trinajstić information content (AvgIpc) is 2.77. The third kappa shape index (κ3) is 1.69. The van der Waals surface area contributed by atoms with Crippen molar-refractivity contribution in [3.05, 3.63) is 18.2 Å². The molecule has 1 aromatic heterocycles. The first-order chi connectivity index (χ1) is 7.76. The van der Waals surface area contributed by atoms with Gasteiger partial charge in [0.15, 0.2) is 5.82 Å². The van der Waals surface area contributed by atoms with Crippen molar-refractivity contribution >= 4 is 5.69 Å². The molecule has 0 aliphatic rings. The van der Waals surface area contributed by atoms with Crippen molar-refractivity contribution in [1.29, 1.82) is 0 Å². The largest absolute Gasteiger partial charge is 0.497 e. The van der Waals surface area contributed by atoms with Gasteiger partial charge in [0.1, 0.15) is 5.75 Å². The van der Waals surface area contributed by atoms with Crippen LogP contribution in [0.1, 0.15) is 6.92 Å². The standard InChI is InChI=1S/C10H13N5O/c1-3-15-10(12-13-14-15)8-6-7(16-2)4-5-9(8)11/h4-6H,3,11H2,1-2H3. The first kappa shape index (κ1) is 10.4. The molecule has 1 aromatic carbocycles. The number of hydrogen-bond acceptors (Lipinski definition) is 5. The molecule has 6 nitrogen and oxygen atoms in total. The minimum Gasteiger partial charge on any atom is -0.497 e. The Bertz CT molecular complexity index is 494. The van der Waals surface area contributed by atoms with Gasteiger partial charge in [-0.1, -0.05) is 0 Å². The summed E-state index contributed by atoms with van der Waals surface area (Å²) in [5.74, 6) is 1.38. The van der Waals surface area contributed by atoms with E-state index in [0.29, 0.717) is 18.1 Å². The molecule has 0 radical (unpaired) electrons. The lowest BCUT2D eigenvalue weighted by atomic mass is 10.1. The number of methoxy groups -OCH3 is 1. The maximum Gasteiger partial charge on any atom is 0.184 e. The molecule has 1 heterocycles. The number of nitrogens with two attached hydrogens (primary N) is 1. The highest BCUT2D eigenvalue weighted by Gasteiger charge is 2.11. The molecule has 84 valence electrons. The lowest BCUT2D eigenvalue weighted by Crippen LogP contribution is -2.02. The summed E-state index contributed by atoms with van der Waals surface area (Å²) in [5.41, 5.74) is 7.31. The van der Waals surface area contributed by atoms with Gasteiger partial charge >= 0.3 is 0 Å². The van der Waals surface area contributed by atoms with Crippen LogP contribution in [0.2, 0.25) is 0 Å². The molecule has 0 atom stereocenters. The second-order valence-electron chi connectivity index (χ2n) is 3.27. The zero-order valence-electron chi connectivity index (χ0n) is 9.21. The monoisotopic (exact) mass is 219 g/mol.